The summed E-state index contributed by atoms with van der Waals surface area (Å²) in [5.74, 6) is 0.0551. The summed E-state index contributed by atoms with van der Waals surface area (Å²) >= 11 is 0. The first-order valence-electron chi connectivity index (χ1n) is 13.4. The zero-order valence-corrected chi connectivity index (χ0v) is 21.8. The zero-order chi connectivity index (χ0) is 23.9. The van der Waals surface area contributed by atoms with Crippen molar-refractivity contribution in [3.8, 4) is 0 Å². The quantitative estimate of drug-likeness (QED) is 0.0977. The molecule has 0 aliphatic carbocycles. The summed E-state index contributed by atoms with van der Waals surface area (Å²) < 4.78 is 16.7. The fraction of sp³-hybridized carbons (Fsp3) is 0.889. The molecule has 0 saturated heterocycles. The number of unbranched alkanes of at least 4 members (excludes halogenated alkanes) is 11. The lowest BCUT2D eigenvalue weighted by molar-refractivity contribution is -0.246. The van der Waals surface area contributed by atoms with Gasteiger partial charge in [0.1, 0.15) is 6.23 Å². The van der Waals surface area contributed by atoms with Gasteiger partial charge in [0, 0.05) is 13.0 Å². The first kappa shape index (κ1) is 31.1. The van der Waals surface area contributed by atoms with E-state index >= 15 is 0 Å². The standard InChI is InChI=1S/C27H53NO4/c1-6-9-10-11-12-13-14-15-16-17-18-19-20-21-22-23-26(29)28-27(7-2)32-25(5)31-24(4)30-8-3/h15-16,24-25,27H,6-14,17-23H2,1-5H3,(H,28,29)/b16-15-. The van der Waals surface area contributed by atoms with Gasteiger partial charge in [0.2, 0.25) is 5.91 Å². The first-order chi connectivity index (χ1) is 15.5. The summed E-state index contributed by atoms with van der Waals surface area (Å²) in [6.07, 6.45) is 21.3. The van der Waals surface area contributed by atoms with Crippen LogP contribution >= 0.6 is 0 Å². The molecule has 3 atom stereocenters. The van der Waals surface area contributed by atoms with Gasteiger partial charge in [-0.15, -0.1) is 0 Å². The van der Waals surface area contributed by atoms with Crippen LogP contribution < -0.4 is 5.32 Å². The number of ether oxygens (including phenoxy) is 3. The number of carbonyl (C=O) groups is 1. The highest BCUT2D eigenvalue weighted by atomic mass is 16.8. The topological polar surface area (TPSA) is 56.8 Å². The minimum absolute atomic E-state index is 0.0551. The van der Waals surface area contributed by atoms with Crippen molar-refractivity contribution in [2.24, 2.45) is 0 Å². The number of carbonyl (C=O) groups excluding carboxylic acids is 1. The Labute approximate surface area is 199 Å². The maximum absolute atomic E-state index is 12.2. The normalized spacial score (nSPS) is 14.5. The maximum Gasteiger partial charge on any atom is 0.221 e. The number of allylic oxidation sites excluding steroid dienone is 2. The van der Waals surface area contributed by atoms with E-state index in [1.807, 2.05) is 27.7 Å². The summed E-state index contributed by atoms with van der Waals surface area (Å²) in [6.45, 7) is 10.4. The molecule has 0 aliphatic heterocycles. The maximum atomic E-state index is 12.2. The van der Waals surface area contributed by atoms with Crippen LogP contribution in [0.4, 0.5) is 0 Å². The zero-order valence-electron chi connectivity index (χ0n) is 21.8. The van der Waals surface area contributed by atoms with Crippen molar-refractivity contribution in [1.29, 1.82) is 0 Å². The van der Waals surface area contributed by atoms with Crippen LogP contribution in [0.1, 0.15) is 131 Å². The molecule has 0 radical (unpaired) electrons. The van der Waals surface area contributed by atoms with E-state index in [0.717, 1.165) is 12.8 Å². The molecule has 3 unspecified atom stereocenters. The summed E-state index contributed by atoms with van der Waals surface area (Å²) in [5, 5.41) is 2.96. The minimum atomic E-state index is -0.429. The van der Waals surface area contributed by atoms with Gasteiger partial charge in [-0.25, -0.2) is 0 Å². The molecule has 0 rings (SSSR count). The van der Waals surface area contributed by atoms with E-state index in [-0.39, 0.29) is 18.4 Å². The SMILES string of the molecule is CCCCCCCC/C=C\CCCCCCCC(=O)NC(CC)OC(C)OC(C)OCC. The van der Waals surface area contributed by atoms with Crippen LogP contribution in [0.3, 0.4) is 0 Å². The van der Waals surface area contributed by atoms with Gasteiger partial charge in [0.05, 0.1) is 0 Å². The highest BCUT2D eigenvalue weighted by Gasteiger charge is 2.16. The van der Waals surface area contributed by atoms with Crippen molar-refractivity contribution in [3.63, 3.8) is 0 Å². The van der Waals surface area contributed by atoms with Gasteiger partial charge < -0.3 is 19.5 Å². The first-order valence-corrected chi connectivity index (χ1v) is 13.4. The lowest BCUT2D eigenvalue weighted by Gasteiger charge is -2.24. The Balaban J connectivity index is 3.62. The Hall–Kier alpha value is -0.910. The average Bonchev–Trinajstić information content (AvgIpc) is 2.76. The van der Waals surface area contributed by atoms with E-state index in [4.69, 9.17) is 14.2 Å². The lowest BCUT2D eigenvalue weighted by Crippen LogP contribution is -2.39. The second kappa shape index (κ2) is 23.3. The number of hydrogen-bond acceptors (Lipinski definition) is 4. The number of nitrogens with one attached hydrogen (secondary N) is 1. The third-order valence-electron chi connectivity index (χ3n) is 5.50. The van der Waals surface area contributed by atoms with E-state index in [1.54, 1.807) is 0 Å². The van der Waals surface area contributed by atoms with E-state index in [0.29, 0.717) is 19.4 Å². The Morgan fingerprint density at radius 2 is 1.31 bits per heavy atom. The van der Waals surface area contributed by atoms with E-state index in [9.17, 15) is 4.79 Å². The van der Waals surface area contributed by atoms with Crippen LogP contribution in [-0.4, -0.2) is 31.3 Å². The molecule has 0 heterocycles. The number of rotatable bonds is 23. The molecule has 0 aromatic heterocycles. The fourth-order valence-corrected chi connectivity index (χ4v) is 3.65. The molecule has 0 saturated carbocycles. The lowest BCUT2D eigenvalue weighted by atomic mass is 10.1. The van der Waals surface area contributed by atoms with Crippen molar-refractivity contribution in [2.75, 3.05) is 6.61 Å². The Kier molecular flexibility index (Phi) is 22.6. The van der Waals surface area contributed by atoms with Gasteiger partial charge in [0.15, 0.2) is 12.6 Å². The molecule has 0 aliphatic rings. The van der Waals surface area contributed by atoms with Crippen LogP contribution in [-0.2, 0) is 19.0 Å². The van der Waals surface area contributed by atoms with Crippen LogP contribution in [0, 0.1) is 0 Å². The molecule has 5 nitrogen and oxygen atoms in total. The van der Waals surface area contributed by atoms with Gasteiger partial charge in [0.25, 0.3) is 0 Å². The van der Waals surface area contributed by atoms with E-state index in [2.05, 4.69) is 24.4 Å². The van der Waals surface area contributed by atoms with Crippen molar-refractivity contribution in [3.05, 3.63) is 12.2 Å². The number of amides is 1. The highest BCUT2D eigenvalue weighted by molar-refractivity contribution is 5.75. The number of hydrogen-bond donors (Lipinski definition) is 1. The molecule has 0 spiro atoms. The summed E-state index contributed by atoms with van der Waals surface area (Å²) in [5.41, 5.74) is 0. The van der Waals surface area contributed by atoms with Gasteiger partial charge in [-0.2, -0.15) is 0 Å². The molecule has 1 amide bonds. The summed E-state index contributed by atoms with van der Waals surface area (Å²) in [6, 6.07) is 0. The van der Waals surface area contributed by atoms with E-state index < -0.39 is 6.29 Å². The van der Waals surface area contributed by atoms with E-state index in [1.165, 1.54) is 70.6 Å². The van der Waals surface area contributed by atoms with Crippen molar-refractivity contribution >= 4 is 5.91 Å². The molecule has 190 valence electrons. The second-order valence-electron chi connectivity index (χ2n) is 8.66. The molecule has 0 bridgehead atoms. The monoisotopic (exact) mass is 455 g/mol. The predicted octanol–water partition coefficient (Wildman–Crippen LogP) is 7.64. The smallest absolute Gasteiger partial charge is 0.221 e. The molecular formula is C27H53NO4. The molecular weight excluding hydrogens is 402 g/mol. The van der Waals surface area contributed by atoms with Crippen LogP contribution in [0.15, 0.2) is 12.2 Å². The highest BCUT2D eigenvalue weighted by Crippen LogP contribution is 2.11. The van der Waals surface area contributed by atoms with Gasteiger partial charge in [-0.1, -0.05) is 77.4 Å². The van der Waals surface area contributed by atoms with Crippen molar-refractivity contribution in [1.82, 2.24) is 5.32 Å². The second-order valence-corrected chi connectivity index (χ2v) is 8.66. The Bertz CT molecular complexity index is 441. The third-order valence-corrected chi connectivity index (χ3v) is 5.50. The summed E-state index contributed by atoms with van der Waals surface area (Å²) in [4.78, 5) is 12.2. The van der Waals surface area contributed by atoms with Crippen molar-refractivity contribution < 1.29 is 19.0 Å². The molecule has 0 aromatic carbocycles. The van der Waals surface area contributed by atoms with Gasteiger partial charge in [-0.05, 0) is 59.3 Å². The van der Waals surface area contributed by atoms with Crippen molar-refractivity contribution in [2.45, 2.75) is 150 Å². The molecule has 1 N–H and O–H groups in total. The Morgan fingerprint density at radius 1 is 0.750 bits per heavy atom. The molecule has 0 fully saturated rings. The summed E-state index contributed by atoms with van der Waals surface area (Å²) in [7, 11) is 0. The minimum Gasteiger partial charge on any atom is -0.353 e. The molecule has 5 heteroatoms. The Morgan fingerprint density at radius 3 is 1.88 bits per heavy atom. The predicted molar refractivity (Wildman–Crippen MR) is 134 cm³/mol. The third kappa shape index (κ3) is 21.0. The van der Waals surface area contributed by atoms with Gasteiger partial charge in [-0.3, -0.25) is 4.79 Å². The largest absolute Gasteiger partial charge is 0.353 e. The fourth-order valence-electron chi connectivity index (χ4n) is 3.65. The van der Waals surface area contributed by atoms with Crippen LogP contribution in [0.5, 0.6) is 0 Å². The van der Waals surface area contributed by atoms with Gasteiger partial charge >= 0.3 is 0 Å². The van der Waals surface area contributed by atoms with Crippen LogP contribution in [0.2, 0.25) is 0 Å². The molecule has 0 aromatic rings. The average molecular weight is 456 g/mol. The molecule has 32 heavy (non-hydrogen) atoms. The van der Waals surface area contributed by atoms with Crippen LogP contribution in [0.25, 0.3) is 0 Å².